The van der Waals surface area contributed by atoms with Crippen LogP contribution in [0.3, 0.4) is 0 Å². The van der Waals surface area contributed by atoms with Crippen molar-refractivity contribution >= 4 is 5.91 Å². The number of benzene rings is 2. The smallest absolute Gasteiger partial charge is 0.273 e. The molecule has 0 aliphatic rings. The molecule has 34 heavy (non-hydrogen) atoms. The molecule has 0 radical (unpaired) electrons. The quantitative estimate of drug-likeness (QED) is 0.398. The van der Waals surface area contributed by atoms with Gasteiger partial charge in [-0.2, -0.15) is 0 Å². The highest BCUT2D eigenvalue weighted by atomic mass is 16.7. The zero-order chi connectivity index (χ0) is 24.3. The van der Waals surface area contributed by atoms with Crippen LogP contribution in [-0.2, 0) is 16.1 Å². The summed E-state index contributed by atoms with van der Waals surface area (Å²) in [6.45, 7) is 0.162. The monoisotopic (exact) mass is 465 g/mol. The van der Waals surface area contributed by atoms with Crippen LogP contribution in [0.25, 0.3) is 0 Å². The van der Waals surface area contributed by atoms with Gasteiger partial charge in [0.05, 0.1) is 6.04 Å². The molecule has 0 saturated heterocycles. The third kappa shape index (κ3) is 6.46. The summed E-state index contributed by atoms with van der Waals surface area (Å²) >= 11 is 0. The highest BCUT2D eigenvalue weighted by Gasteiger charge is 2.22. The van der Waals surface area contributed by atoms with Gasteiger partial charge >= 0.3 is 0 Å². The Balaban J connectivity index is 1.95. The predicted octanol–water partition coefficient (Wildman–Crippen LogP) is 3.47. The van der Waals surface area contributed by atoms with Gasteiger partial charge in [-0.3, -0.25) is 14.3 Å². The number of methoxy groups -OCH3 is 2. The molecule has 1 unspecified atom stereocenters. The number of aromatic nitrogens is 1. The van der Waals surface area contributed by atoms with Crippen LogP contribution in [0.2, 0.25) is 0 Å². The minimum Gasteiger partial charge on any atom is -0.482 e. The van der Waals surface area contributed by atoms with E-state index in [1.54, 1.807) is 25.1 Å². The molecular weight excluding hydrogens is 434 g/mol. The third-order valence-corrected chi connectivity index (χ3v) is 5.44. The summed E-state index contributed by atoms with van der Waals surface area (Å²) in [5.41, 5.74) is 5.01. The van der Waals surface area contributed by atoms with Crippen LogP contribution in [0.5, 0.6) is 5.75 Å². The first-order valence-electron chi connectivity index (χ1n) is 11.1. The summed E-state index contributed by atoms with van der Waals surface area (Å²) in [6.07, 6.45) is 2.45. The third-order valence-electron chi connectivity index (χ3n) is 5.44. The van der Waals surface area contributed by atoms with E-state index in [1.165, 1.54) is 13.1 Å². The van der Waals surface area contributed by atoms with Gasteiger partial charge in [-0.05, 0) is 17.5 Å². The minimum absolute atomic E-state index is 0.0170. The van der Waals surface area contributed by atoms with E-state index in [2.05, 4.69) is 10.7 Å². The normalized spacial score (nSPS) is 11.8. The molecule has 0 saturated carbocycles. The fourth-order valence-corrected chi connectivity index (χ4v) is 3.62. The van der Waals surface area contributed by atoms with E-state index < -0.39 is 5.91 Å². The van der Waals surface area contributed by atoms with Crippen molar-refractivity contribution in [1.82, 2.24) is 9.99 Å². The zero-order valence-electron chi connectivity index (χ0n) is 19.7. The maximum atomic E-state index is 12.9. The molecule has 1 aromatic heterocycles. The number of rotatable bonds is 12. The molecule has 3 aromatic rings. The van der Waals surface area contributed by atoms with Gasteiger partial charge in [-0.15, -0.1) is 0 Å². The molecule has 0 aliphatic heterocycles. The lowest BCUT2D eigenvalue weighted by Gasteiger charge is -2.26. The summed E-state index contributed by atoms with van der Waals surface area (Å²) in [5, 5.41) is 2.61. The van der Waals surface area contributed by atoms with E-state index in [4.69, 9.17) is 14.2 Å². The fraction of sp³-hybridized carbons (Fsp3) is 0.308. The predicted molar refractivity (Wildman–Crippen MR) is 130 cm³/mol. The van der Waals surface area contributed by atoms with E-state index >= 15 is 0 Å². The standard InChI is InChI=1S/C26H31N3O5/c1-27-26(31)24-25(34-18-19-10-6-4-7-11-19)22(30)16-17-29(24)28-21(14-15-23(32-2)33-3)20-12-8-5-9-13-20/h4-13,16-17,21,23,28H,14-15,18H2,1-3H3,(H,27,31). The molecule has 0 spiro atoms. The minimum atomic E-state index is -0.438. The van der Waals surface area contributed by atoms with E-state index in [-0.39, 0.29) is 35.8 Å². The van der Waals surface area contributed by atoms with Crippen molar-refractivity contribution in [1.29, 1.82) is 0 Å². The Hall–Kier alpha value is -3.62. The van der Waals surface area contributed by atoms with Crippen molar-refractivity contribution in [2.45, 2.75) is 31.8 Å². The van der Waals surface area contributed by atoms with Crippen molar-refractivity contribution in [2.24, 2.45) is 0 Å². The Morgan fingerprint density at radius 1 is 0.941 bits per heavy atom. The Morgan fingerprint density at radius 3 is 2.21 bits per heavy atom. The van der Waals surface area contributed by atoms with Crippen molar-refractivity contribution in [3.63, 3.8) is 0 Å². The van der Waals surface area contributed by atoms with Crippen molar-refractivity contribution in [2.75, 3.05) is 26.7 Å². The Kier molecular flexibility index (Phi) is 9.25. The molecule has 0 fully saturated rings. The van der Waals surface area contributed by atoms with Crippen LogP contribution < -0.4 is 20.9 Å². The topological polar surface area (TPSA) is 90.8 Å². The van der Waals surface area contributed by atoms with E-state index in [1.807, 2.05) is 60.7 Å². The van der Waals surface area contributed by atoms with Crippen LogP contribution >= 0.6 is 0 Å². The van der Waals surface area contributed by atoms with Crippen LogP contribution in [0, 0.1) is 0 Å². The number of ether oxygens (including phenoxy) is 3. The second-order valence-corrected chi connectivity index (χ2v) is 7.65. The fourth-order valence-electron chi connectivity index (χ4n) is 3.62. The lowest BCUT2D eigenvalue weighted by atomic mass is 10.0. The molecule has 1 heterocycles. The molecule has 0 aliphatic carbocycles. The van der Waals surface area contributed by atoms with Crippen LogP contribution in [0.4, 0.5) is 0 Å². The zero-order valence-corrected chi connectivity index (χ0v) is 19.7. The number of nitrogens with zero attached hydrogens (tertiary/aromatic N) is 1. The first-order valence-corrected chi connectivity index (χ1v) is 11.1. The van der Waals surface area contributed by atoms with Gasteiger partial charge in [0.2, 0.25) is 5.43 Å². The summed E-state index contributed by atoms with van der Waals surface area (Å²) < 4.78 is 18.1. The van der Waals surface area contributed by atoms with Crippen molar-refractivity contribution in [3.8, 4) is 5.75 Å². The molecule has 8 nitrogen and oxygen atoms in total. The number of amides is 1. The van der Waals surface area contributed by atoms with Crippen LogP contribution in [0.1, 0.15) is 40.5 Å². The number of hydrogen-bond donors (Lipinski definition) is 2. The van der Waals surface area contributed by atoms with Crippen LogP contribution in [0.15, 0.2) is 77.7 Å². The Morgan fingerprint density at radius 2 is 1.59 bits per heavy atom. The van der Waals surface area contributed by atoms with E-state index in [0.29, 0.717) is 12.8 Å². The number of carbonyl (C=O) groups is 1. The second kappa shape index (κ2) is 12.6. The molecule has 2 aromatic carbocycles. The SMILES string of the molecule is CNC(=O)c1c(OCc2ccccc2)c(=O)ccn1NC(CCC(OC)OC)c1ccccc1. The number of pyridine rings is 1. The van der Waals surface area contributed by atoms with Crippen LogP contribution in [-0.4, -0.2) is 38.1 Å². The summed E-state index contributed by atoms with van der Waals surface area (Å²) in [7, 11) is 4.71. The lowest BCUT2D eigenvalue weighted by molar-refractivity contribution is -0.107. The Bertz CT molecular complexity index is 1100. The maximum absolute atomic E-state index is 12.9. The number of carbonyl (C=O) groups excluding carboxylic acids is 1. The van der Waals surface area contributed by atoms with Crippen molar-refractivity contribution in [3.05, 3.63) is 100.0 Å². The van der Waals surface area contributed by atoms with Crippen molar-refractivity contribution < 1.29 is 19.0 Å². The van der Waals surface area contributed by atoms with Gasteiger partial charge in [-0.1, -0.05) is 60.7 Å². The van der Waals surface area contributed by atoms with Gasteiger partial charge in [0.15, 0.2) is 17.7 Å². The van der Waals surface area contributed by atoms with Gasteiger partial charge in [0, 0.05) is 40.0 Å². The van der Waals surface area contributed by atoms with Gasteiger partial charge in [-0.25, -0.2) is 0 Å². The molecule has 3 rings (SSSR count). The van der Waals surface area contributed by atoms with E-state index in [0.717, 1.165) is 11.1 Å². The maximum Gasteiger partial charge on any atom is 0.273 e. The molecule has 180 valence electrons. The largest absolute Gasteiger partial charge is 0.482 e. The molecule has 1 atom stereocenters. The van der Waals surface area contributed by atoms with Gasteiger partial charge in [0.25, 0.3) is 5.91 Å². The van der Waals surface area contributed by atoms with Gasteiger partial charge < -0.3 is 25.0 Å². The van der Waals surface area contributed by atoms with E-state index in [9.17, 15) is 9.59 Å². The summed E-state index contributed by atoms with van der Waals surface area (Å²) in [5.74, 6) is -0.455. The second-order valence-electron chi connectivity index (χ2n) is 7.65. The summed E-state index contributed by atoms with van der Waals surface area (Å²) in [4.78, 5) is 25.6. The number of hydrogen-bond acceptors (Lipinski definition) is 6. The lowest BCUT2D eigenvalue weighted by Crippen LogP contribution is -2.33. The number of nitrogens with one attached hydrogen (secondary N) is 2. The Labute approximate surface area is 199 Å². The highest BCUT2D eigenvalue weighted by molar-refractivity contribution is 5.95. The molecule has 8 heteroatoms. The first kappa shape index (κ1) is 25.0. The molecular formula is C26H31N3O5. The molecule has 1 amide bonds. The average molecular weight is 466 g/mol. The summed E-state index contributed by atoms with van der Waals surface area (Å²) in [6, 6.07) is 20.5. The van der Waals surface area contributed by atoms with Gasteiger partial charge in [0.1, 0.15) is 6.61 Å². The molecule has 2 N–H and O–H groups in total. The first-order chi connectivity index (χ1) is 16.6. The highest BCUT2D eigenvalue weighted by Crippen LogP contribution is 2.23. The average Bonchev–Trinajstić information content (AvgIpc) is 2.89. The molecule has 0 bridgehead atoms.